The fraction of sp³-hybridized carbons (Fsp3) is 0.192. The van der Waals surface area contributed by atoms with Gasteiger partial charge in [0.15, 0.2) is 0 Å². The van der Waals surface area contributed by atoms with Gasteiger partial charge in [0.2, 0.25) is 0 Å². The van der Waals surface area contributed by atoms with Gasteiger partial charge in [-0.05, 0) is 42.0 Å². The van der Waals surface area contributed by atoms with E-state index >= 15 is 0 Å². The summed E-state index contributed by atoms with van der Waals surface area (Å²) in [6.07, 6.45) is 0.654. The first kappa shape index (κ1) is 20.8. The molecule has 0 saturated carbocycles. The zero-order valence-corrected chi connectivity index (χ0v) is 18.0. The Hall–Kier alpha value is -4.13. The summed E-state index contributed by atoms with van der Waals surface area (Å²) in [7, 11) is 1.58. The lowest BCUT2D eigenvalue weighted by Crippen LogP contribution is -2.32. The monoisotopic (exact) mass is 442 g/mol. The van der Waals surface area contributed by atoms with E-state index in [4.69, 9.17) is 9.47 Å². The summed E-state index contributed by atoms with van der Waals surface area (Å²) in [5.41, 5.74) is 2.62. The van der Waals surface area contributed by atoms with Gasteiger partial charge in [0, 0.05) is 17.5 Å². The number of para-hydroxylation sites is 1. The number of benzene rings is 3. The fourth-order valence-electron chi connectivity index (χ4n) is 4.22. The molecule has 166 valence electrons. The van der Waals surface area contributed by atoms with Gasteiger partial charge < -0.3 is 14.8 Å². The minimum Gasteiger partial charge on any atom is -0.497 e. The van der Waals surface area contributed by atoms with Crippen LogP contribution in [0.2, 0.25) is 0 Å². The van der Waals surface area contributed by atoms with Crippen molar-refractivity contribution in [1.82, 2.24) is 10.2 Å². The number of hydrogen-bond acceptors (Lipinski definition) is 5. The summed E-state index contributed by atoms with van der Waals surface area (Å²) in [6, 6.07) is 19.3. The molecule has 33 heavy (non-hydrogen) atoms. The summed E-state index contributed by atoms with van der Waals surface area (Å²) in [4.78, 5) is 40.0. The van der Waals surface area contributed by atoms with Gasteiger partial charge in [-0.25, -0.2) is 0 Å². The van der Waals surface area contributed by atoms with Gasteiger partial charge in [-0.2, -0.15) is 0 Å². The molecule has 7 heteroatoms. The predicted molar refractivity (Wildman–Crippen MR) is 120 cm³/mol. The number of nitrogens with one attached hydrogen (secondary N) is 1. The van der Waals surface area contributed by atoms with Gasteiger partial charge >= 0.3 is 0 Å². The fourth-order valence-corrected chi connectivity index (χ4v) is 4.22. The van der Waals surface area contributed by atoms with Crippen molar-refractivity contribution in [2.45, 2.75) is 19.0 Å². The number of amides is 3. The van der Waals surface area contributed by atoms with Crippen molar-refractivity contribution in [1.29, 1.82) is 0 Å². The summed E-state index contributed by atoms with van der Waals surface area (Å²) in [6.45, 7) is 0.663. The molecular formula is C26H22N2O5. The summed E-state index contributed by atoms with van der Waals surface area (Å²) >= 11 is 0. The van der Waals surface area contributed by atoms with E-state index in [-0.39, 0.29) is 30.0 Å². The van der Waals surface area contributed by atoms with E-state index in [9.17, 15) is 14.4 Å². The number of imide groups is 1. The van der Waals surface area contributed by atoms with Crippen molar-refractivity contribution in [3.8, 4) is 11.5 Å². The van der Waals surface area contributed by atoms with Crippen LogP contribution in [0.25, 0.3) is 0 Å². The molecule has 1 N–H and O–H groups in total. The Kier molecular flexibility index (Phi) is 5.30. The summed E-state index contributed by atoms with van der Waals surface area (Å²) in [5.74, 6) is 0.392. The van der Waals surface area contributed by atoms with Crippen LogP contribution in [0, 0.1) is 0 Å². The third-order valence-electron chi connectivity index (χ3n) is 6.00. The van der Waals surface area contributed by atoms with Gasteiger partial charge in [-0.3, -0.25) is 19.3 Å². The molecule has 0 fully saturated rings. The smallest absolute Gasteiger partial charge is 0.261 e. The van der Waals surface area contributed by atoms with Crippen molar-refractivity contribution < 1.29 is 23.9 Å². The van der Waals surface area contributed by atoms with Crippen LogP contribution in [-0.4, -0.2) is 36.3 Å². The van der Waals surface area contributed by atoms with E-state index in [2.05, 4.69) is 5.32 Å². The van der Waals surface area contributed by atoms with Crippen molar-refractivity contribution in [3.63, 3.8) is 0 Å². The lowest BCUT2D eigenvalue weighted by molar-refractivity contribution is 0.0642. The average Bonchev–Trinajstić information content (AvgIpc) is 3.09. The summed E-state index contributed by atoms with van der Waals surface area (Å²) in [5, 5.41) is 3.03. The molecule has 2 aliphatic heterocycles. The Morgan fingerprint density at radius 1 is 1.03 bits per heavy atom. The van der Waals surface area contributed by atoms with Crippen molar-refractivity contribution in [2.24, 2.45) is 0 Å². The largest absolute Gasteiger partial charge is 0.497 e. The molecule has 5 rings (SSSR count). The lowest BCUT2D eigenvalue weighted by Gasteiger charge is -2.26. The highest BCUT2D eigenvalue weighted by Gasteiger charge is 2.36. The zero-order valence-electron chi connectivity index (χ0n) is 18.0. The van der Waals surface area contributed by atoms with Gasteiger partial charge in [0.05, 0.1) is 37.4 Å². The van der Waals surface area contributed by atoms with E-state index in [0.717, 1.165) is 16.9 Å². The maximum Gasteiger partial charge on any atom is 0.261 e. The lowest BCUT2D eigenvalue weighted by atomic mass is 9.99. The molecule has 2 aliphatic rings. The molecule has 0 bridgehead atoms. The van der Waals surface area contributed by atoms with E-state index in [1.807, 2.05) is 36.4 Å². The molecule has 3 amide bonds. The molecule has 2 heterocycles. The first-order valence-corrected chi connectivity index (χ1v) is 10.7. The Bertz CT molecular complexity index is 1250. The maximum absolute atomic E-state index is 13.0. The van der Waals surface area contributed by atoms with Crippen LogP contribution < -0.4 is 14.8 Å². The first-order valence-electron chi connectivity index (χ1n) is 10.7. The summed E-state index contributed by atoms with van der Waals surface area (Å²) < 4.78 is 10.8. The second kappa shape index (κ2) is 8.43. The Labute approximate surface area is 190 Å². The normalized spacial score (nSPS) is 16.6. The SMILES string of the molecule is COc1ccc(CN2C(=O)c3ccc(C(=O)NC4CCOc5ccccc54)cc3C2=O)cc1. The highest BCUT2D eigenvalue weighted by molar-refractivity contribution is 6.22. The maximum atomic E-state index is 13.0. The zero-order chi connectivity index (χ0) is 22.9. The van der Waals surface area contributed by atoms with Crippen molar-refractivity contribution >= 4 is 17.7 Å². The molecule has 3 aromatic carbocycles. The topological polar surface area (TPSA) is 84.9 Å². The molecule has 0 spiro atoms. The number of nitrogens with zero attached hydrogens (tertiary/aromatic N) is 1. The van der Waals surface area contributed by atoms with E-state index in [1.54, 1.807) is 31.4 Å². The Morgan fingerprint density at radius 3 is 2.58 bits per heavy atom. The molecule has 1 atom stereocenters. The van der Waals surface area contributed by atoms with Crippen molar-refractivity contribution in [3.05, 3.63) is 94.5 Å². The molecule has 7 nitrogen and oxygen atoms in total. The van der Waals surface area contributed by atoms with E-state index in [0.29, 0.717) is 29.9 Å². The number of methoxy groups -OCH3 is 1. The first-order chi connectivity index (χ1) is 16.0. The van der Waals surface area contributed by atoms with Crippen LogP contribution >= 0.6 is 0 Å². The van der Waals surface area contributed by atoms with Crippen LogP contribution in [0.15, 0.2) is 66.7 Å². The minimum absolute atomic E-state index is 0.150. The highest BCUT2D eigenvalue weighted by Crippen LogP contribution is 2.32. The number of carbonyl (C=O) groups is 3. The Balaban J connectivity index is 1.34. The molecule has 1 unspecified atom stereocenters. The average molecular weight is 442 g/mol. The third kappa shape index (κ3) is 3.82. The van der Waals surface area contributed by atoms with E-state index < -0.39 is 5.91 Å². The molecule has 0 aliphatic carbocycles. The van der Waals surface area contributed by atoms with Crippen LogP contribution in [0.3, 0.4) is 0 Å². The molecule has 0 saturated heterocycles. The minimum atomic E-state index is -0.406. The number of rotatable bonds is 5. The number of ether oxygens (including phenoxy) is 2. The van der Waals surface area contributed by atoms with Gasteiger partial charge in [0.1, 0.15) is 11.5 Å². The predicted octanol–water partition coefficient (Wildman–Crippen LogP) is 3.75. The Morgan fingerprint density at radius 2 is 1.79 bits per heavy atom. The third-order valence-corrected chi connectivity index (χ3v) is 6.00. The highest BCUT2D eigenvalue weighted by atomic mass is 16.5. The van der Waals surface area contributed by atoms with Gasteiger partial charge in [0.25, 0.3) is 17.7 Å². The number of carbonyl (C=O) groups excluding carboxylic acids is 3. The van der Waals surface area contributed by atoms with Crippen LogP contribution in [0.4, 0.5) is 0 Å². The second-order valence-corrected chi connectivity index (χ2v) is 8.01. The molecular weight excluding hydrogens is 420 g/mol. The number of hydrogen-bond donors (Lipinski definition) is 1. The second-order valence-electron chi connectivity index (χ2n) is 8.01. The van der Waals surface area contributed by atoms with Crippen LogP contribution in [0.5, 0.6) is 11.5 Å². The molecule has 0 aromatic heterocycles. The van der Waals surface area contributed by atoms with Crippen LogP contribution in [0.1, 0.15) is 54.7 Å². The standard InChI is InChI=1S/C26H22N2O5/c1-32-18-9-6-16(7-10-18)15-28-25(30)19-11-8-17(14-21(19)26(28)31)24(29)27-22-12-13-33-23-5-3-2-4-20(22)23/h2-11,14,22H,12-13,15H2,1H3,(H,27,29). The van der Waals surface area contributed by atoms with E-state index in [1.165, 1.54) is 11.0 Å². The van der Waals surface area contributed by atoms with Gasteiger partial charge in [-0.15, -0.1) is 0 Å². The van der Waals surface area contributed by atoms with Crippen molar-refractivity contribution in [2.75, 3.05) is 13.7 Å². The quantitative estimate of drug-likeness (QED) is 0.609. The van der Waals surface area contributed by atoms with Gasteiger partial charge in [-0.1, -0.05) is 30.3 Å². The number of fused-ring (bicyclic) bond motifs is 2. The van der Waals surface area contributed by atoms with Crippen LogP contribution in [-0.2, 0) is 6.54 Å². The molecule has 0 radical (unpaired) electrons. The molecule has 3 aromatic rings.